The summed E-state index contributed by atoms with van der Waals surface area (Å²) in [6.07, 6.45) is 5.32. The van der Waals surface area contributed by atoms with Gasteiger partial charge in [-0.1, -0.05) is 24.3 Å². The molecule has 2 N–H and O–H groups in total. The van der Waals surface area contributed by atoms with E-state index in [1.54, 1.807) is 6.92 Å². The van der Waals surface area contributed by atoms with E-state index < -0.39 is 0 Å². The fourth-order valence-corrected chi connectivity index (χ4v) is 5.18. The van der Waals surface area contributed by atoms with E-state index in [9.17, 15) is 9.59 Å². The summed E-state index contributed by atoms with van der Waals surface area (Å²) in [7, 11) is 0. The van der Waals surface area contributed by atoms with Gasteiger partial charge < -0.3 is 15.5 Å². The average Bonchev–Trinajstić information content (AvgIpc) is 2.85. The molecule has 8 nitrogen and oxygen atoms in total. The maximum absolute atomic E-state index is 13.9. The summed E-state index contributed by atoms with van der Waals surface area (Å²) >= 11 is 0. The minimum Gasteiger partial charge on any atom is -0.351 e. The molecular formula is C26H32N6O2. The fourth-order valence-electron chi connectivity index (χ4n) is 5.18. The molecule has 2 aromatic heterocycles. The highest BCUT2D eigenvalue weighted by Crippen LogP contribution is 2.29. The molecule has 0 bridgehead atoms. The number of rotatable bonds is 4. The van der Waals surface area contributed by atoms with Crippen LogP contribution in [0.4, 0.5) is 5.95 Å². The Morgan fingerprint density at radius 1 is 1.09 bits per heavy atom. The van der Waals surface area contributed by atoms with Crippen molar-refractivity contribution in [2.75, 3.05) is 31.5 Å². The molecule has 8 heteroatoms. The van der Waals surface area contributed by atoms with E-state index in [1.807, 2.05) is 52.9 Å². The average molecular weight is 461 g/mol. The van der Waals surface area contributed by atoms with Gasteiger partial charge in [0.05, 0.1) is 0 Å². The van der Waals surface area contributed by atoms with E-state index in [0.717, 1.165) is 55.3 Å². The monoisotopic (exact) mass is 460 g/mol. The minimum absolute atomic E-state index is 0.0174. The third-order valence-corrected chi connectivity index (χ3v) is 7.16. The largest absolute Gasteiger partial charge is 0.351 e. The van der Waals surface area contributed by atoms with Crippen molar-refractivity contribution in [3.63, 3.8) is 0 Å². The Balaban J connectivity index is 1.60. The van der Waals surface area contributed by atoms with Crippen molar-refractivity contribution in [1.82, 2.24) is 24.8 Å². The SMILES string of the molecule is CC(=O)N1CCC(n2c(=O)c(-c3ccccc3C)cc3cnc(NC4CCNCC4)nc32)CC1. The molecule has 2 aliphatic heterocycles. The lowest BCUT2D eigenvalue weighted by Crippen LogP contribution is -2.40. The van der Waals surface area contributed by atoms with Gasteiger partial charge in [-0.3, -0.25) is 14.2 Å². The summed E-state index contributed by atoms with van der Waals surface area (Å²) in [6.45, 7) is 6.88. The molecule has 0 radical (unpaired) electrons. The van der Waals surface area contributed by atoms with Crippen molar-refractivity contribution >= 4 is 22.9 Å². The number of carbonyl (C=O) groups excluding carboxylic acids is 1. The number of benzene rings is 1. The molecule has 2 aliphatic rings. The smallest absolute Gasteiger partial charge is 0.260 e. The van der Waals surface area contributed by atoms with Gasteiger partial charge in [0, 0.05) is 49.2 Å². The van der Waals surface area contributed by atoms with Crippen LogP contribution >= 0.6 is 0 Å². The molecule has 2 fully saturated rings. The Morgan fingerprint density at radius 2 is 1.82 bits per heavy atom. The van der Waals surface area contributed by atoms with Gasteiger partial charge in [-0.15, -0.1) is 0 Å². The van der Waals surface area contributed by atoms with Gasteiger partial charge in [-0.05, 0) is 62.9 Å². The highest BCUT2D eigenvalue weighted by molar-refractivity contribution is 5.82. The van der Waals surface area contributed by atoms with Crippen LogP contribution in [-0.4, -0.2) is 57.6 Å². The summed E-state index contributed by atoms with van der Waals surface area (Å²) in [5.74, 6) is 0.650. The van der Waals surface area contributed by atoms with Crippen LogP contribution in [0.3, 0.4) is 0 Å². The predicted molar refractivity (Wildman–Crippen MR) is 134 cm³/mol. The number of carbonyl (C=O) groups is 1. The molecule has 4 heterocycles. The number of hydrogen-bond donors (Lipinski definition) is 2. The Labute approximate surface area is 199 Å². The number of nitrogens with one attached hydrogen (secondary N) is 2. The van der Waals surface area contributed by atoms with Crippen LogP contribution in [0, 0.1) is 6.92 Å². The van der Waals surface area contributed by atoms with Crippen LogP contribution in [0.5, 0.6) is 0 Å². The second-order valence-electron chi connectivity index (χ2n) is 9.43. The van der Waals surface area contributed by atoms with Gasteiger partial charge in [-0.25, -0.2) is 4.98 Å². The third kappa shape index (κ3) is 4.42. The van der Waals surface area contributed by atoms with Crippen LogP contribution in [0.1, 0.15) is 44.2 Å². The second kappa shape index (κ2) is 9.54. The van der Waals surface area contributed by atoms with Crippen molar-refractivity contribution in [3.8, 4) is 11.1 Å². The van der Waals surface area contributed by atoms with E-state index in [1.165, 1.54) is 0 Å². The number of nitrogens with zero attached hydrogens (tertiary/aromatic N) is 4. The first-order chi connectivity index (χ1) is 16.5. The maximum atomic E-state index is 13.9. The summed E-state index contributed by atoms with van der Waals surface area (Å²) in [5, 5.41) is 7.69. The topological polar surface area (TPSA) is 92.2 Å². The lowest BCUT2D eigenvalue weighted by atomic mass is 9.99. The van der Waals surface area contributed by atoms with Crippen LogP contribution in [0.2, 0.25) is 0 Å². The number of anilines is 1. The number of fused-ring (bicyclic) bond motifs is 1. The number of likely N-dealkylation sites (tertiary alicyclic amines) is 1. The Hall–Kier alpha value is -3.26. The molecule has 0 spiro atoms. The quantitative estimate of drug-likeness (QED) is 0.622. The minimum atomic E-state index is -0.0328. The Kier molecular flexibility index (Phi) is 6.32. The number of pyridine rings is 1. The van der Waals surface area contributed by atoms with Crippen LogP contribution in [-0.2, 0) is 4.79 Å². The molecule has 34 heavy (non-hydrogen) atoms. The molecule has 0 aliphatic carbocycles. The summed E-state index contributed by atoms with van der Waals surface area (Å²) in [4.78, 5) is 37.1. The zero-order valence-corrected chi connectivity index (χ0v) is 19.9. The van der Waals surface area contributed by atoms with Gasteiger partial charge in [-0.2, -0.15) is 4.98 Å². The molecule has 0 unspecified atom stereocenters. The van der Waals surface area contributed by atoms with Crippen molar-refractivity contribution in [2.45, 2.75) is 51.6 Å². The van der Waals surface area contributed by atoms with Crippen LogP contribution in [0.15, 0.2) is 41.3 Å². The molecule has 5 rings (SSSR count). The second-order valence-corrected chi connectivity index (χ2v) is 9.43. The molecule has 2 saturated heterocycles. The van der Waals surface area contributed by atoms with Crippen LogP contribution < -0.4 is 16.2 Å². The molecule has 178 valence electrons. The van der Waals surface area contributed by atoms with Crippen molar-refractivity contribution in [2.24, 2.45) is 0 Å². The lowest BCUT2D eigenvalue weighted by Gasteiger charge is -2.33. The van der Waals surface area contributed by atoms with E-state index in [0.29, 0.717) is 36.3 Å². The molecule has 1 amide bonds. The first kappa shape index (κ1) is 22.5. The summed E-state index contributed by atoms with van der Waals surface area (Å²) < 4.78 is 1.86. The highest BCUT2D eigenvalue weighted by Gasteiger charge is 2.26. The fraction of sp³-hybridized carbons (Fsp3) is 0.462. The van der Waals surface area contributed by atoms with E-state index in [-0.39, 0.29) is 17.5 Å². The predicted octanol–water partition coefficient (Wildman–Crippen LogP) is 3.11. The number of piperidine rings is 2. The normalized spacial score (nSPS) is 17.8. The van der Waals surface area contributed by atoms with Gasteiger partial charge >= 0.3 is 0 Å². The van der Waals surface area contributed by atoms with Crippen LogP contribution in [0.25, 0.3) is 22.2 Å². The van der Waals surface area contributed by atoms with Gasteiger partial charge in [0.2, 0.25) is 11.9 Å². The molecule has 1 aromatic carbocycles. The van der Waals surface area contributed by atoms with Crippen molar-refractivity contribution < 1.29 is 4.79 Å². The van der Waals surface area contributed by atoms with Gasteiger partial charge in [0.15, 0.2) is 0 Å². The standard InChI is InChI=1S/C26H32N6O2/c1-17-5-3-4-6-22(17)23-15-19-16-28-26(29-20-7-11-27-12-8-20)30-24(19)32(25(23)34)21-9-13-31(14-10-21)18(2)33/h3-6,15-16,20-21,27H,7-14H2,1-2H3,(H,28,29,30). The van der Waals surface area contributed by atoms with E-state index in [2.05, 4.69) is 15.6 Å². The molecule has 3 aromatic rings. The summed E-state index contributed by atoms with van der Waals surface area (Å²) in [6, 6.07) is 10.2. The number of amides is 1. The Bertz CT molecular complexity index is 1260. The molecule has 0 atom stereocenters. The lowest BCUT2D eigenvalue weighted by molar-refractivity contribution is -0.130. The zero-order chi connectivity index (χ0) is 23.7. The van der Waals surface area contributed by atoms with Crippen molar-refractivity contribution in [1.29, 1.82) is 0 Å². The van der Waals surface area contributed by atoms with Gasteiger partial charge in [0.25, 0.3) is 5.56 Å². The number of hydrogen-bond acceptors (Lipinski definition) is 6. The first-order valence-corrected chi connectivity index (χ1v) is 12.2. The van der Waals surface area contributed by atoms with E-state index in [4.69, 9.17) is 4.98 Å². The first-order valence-electron chi connectivity index (χ1n) is 12.2. The van der Waals surface area contributed by atoms with Gasteiger partial charge in [0.1, 0.15) is 5.65 Å². The van der Waals surface area contributed by atoms with E-state index >= 15 is 0 Å². The number of aryl methyl sites for hydroxylation is 1. The summed E-state index contributed by atoms with van der Waals surface area (Å²) in [5.41, 5.74) is 3.29. The molecular weight excluding hydrogens is 428 g/mol. The molecule has 0 saturated carbocycles. The maximum Gasteiger partial charge on any atom is 0.260 e. The van der Waals surface area contributed by atoms with Crippen molar-refractivity contribution in [3.05, 3.63) is 52.4 Å². The zero-order valence-electron chi connectivity index (χ0n) is 19.9. The highest BCUT2D eigenvalue weighted by atomic mass is 16.2. The third-order valence-electron chi connectivity index (χ3n) is 7.16. The Morgan fingerprint density at radius 3 is 2.53 bits per heavy atom. The number of aromatic nitrogens is 3.